The summed E-state index contributed by atoms with van der Waals surface area (Å²) in [7, 11) is -3.08. The first-order chi connectivity index (χ1) is 8.87. The van der Waals surface area contributed by atoms with Gasteiger partial charge in [-0.05, 0) is 18.2 Å². The molecule has 0 unspecified atom stereocenters. The Hall–Kier alpha value is -0.600. The zero-order valence-corrected chi connectivity index (χ0v) is 12.9. The second-order valence-electron chi connectivity index (χ2n) is 4.57. The summed E-state index contributed by atoms with van der Waals surface area (Å²) >= 11 is 4.39. The maximum atomic E-state index is 14.0. The maximum Gasteiger partial charge on any atom is 0.161 e. The molecule has 102 valence electrons. The average Bonchev–Trinajstić information content (AvgIpc) is 2.70. The summed E-state index contributed by atoms with van der Waals surface area (Å²) in [6.45, 7) is 0. The summed E-state index contributed by atoms with van der Waals surface area (Å²) in [4.78, 5) is 1.50. The zero-order valence-electron chi connectivity index (χ0n) is 9.64. The smallest absolute Gasteiger partial charge is 0.161 e. The van der Waals surface area contributed by atoms with Crippen LogP contribution in [0.3, 0.4) is 0 Å². The van der Waals surface area contributed by atoms with Crippen molar-refractivity contribution in [3.63, 3.8) is 0 Å². The molecule has 0 saturated carbocycles. The quantitative estimate of drug-likeness (QED) is 0.829. The Morgan fingerprint density at radius 3 is 2.84 bits per heavy atom. The van der Waals surface area contributed by atoms with Gasteiger partial charge in [-0.15, -0.1) is 0 Å². The third kappa shape index (κ3) is 2.30. The van der Waals surface area contributed by atoms with Gasteiger partial charge in [0.2, 0.25) is 0 Å². The first-order valence-corrected chi connectivity index (χ1v) is 9.07. The molecule has 0 aromatic heterocycles. The molecule has 4 nitrogen and oxygen atoms in total. The van der Waals surface area contributed by atoms with E-state index >= 15 is 0 Å². The molecule has 2 heterocycles. The normalized spacial score (nSPS) is 28.7. The van der Waals surface area contributed by atoms with Crippen LogP contribution >= 0.6 is 27.7 Å². The fourth-order valence-corrected chi connectivity index (χ4v) is 6.58. The average molecular weight is 365 g/mol. The molecule has 2 aliphatic rings. The van der Waals surface area contributed by atoms with Gasteiger partial charge in [0, 0.05) is 9.72 Å². The number of amidine groups is 1. The predicted molar refractivity (Wildman–Crippen MR) is 78.1 cm³/mol. The van der Waals surface area contributed by atoms with Crippen LogP contribution in [0.5, 0.6) is 0 Å². The lowest BCUT2D eigenvalue weighted by molar-refractivity contribution is 0.600. The van der Waals surface area contributed by atoms with Crippen molar-refractivity contribution in [2.45, 2.75) is 11.3 Å². The Morgan fingerprint density at radius 2 is 2.16 bits per heavy atom. The molecule has 2 fully saturated rings. The van der Waals surface area contributed by atoms with Gasteiger partial charge in [-0.25, -0.2) is 12.8 Å². The number of benzene rings is 1. The molecule has 3 rings (SSSR count). The number of sulfone groups is 1. The van der Waals surface area contributed by atoms with Crippen LogP contribution in [-0.4, -0.2) is 36.4 Å². The number of hydrogen-bond donors (Lipinski definition) is 1. The number of fused-ring (bicyclic) bond motifs is 1. The summed E-state index contributed by atoms with van der Waals surface area (Å²) < 4.78 is 37.9. The highest BCUT2D eigenvalue weighted by Gasteiger charge is 2.49. The molecule has 0 spiro atoms. The lowest BCUT2D eigenvalue weighted by Crippen LogP contribution is -2.37. The van der Waals surface area contributed by atoms with Crippen LogP contribution in [0.2, 0.25) is 0 Å². The van der Waals surface area contributed by atoms with Crippen LogP contribution in [0, 0.1) is 11.2 Å². The van der Waals surface area contributed by atoms with Gasteiger partial charge in [-0.3, -0.25) is 5.41 Å². The molecule has 1 N–H and O–H groups in total. The van der Waals surface area contributed by atoms with Crippen molar-refractivity contribution >= 4 is 48.4 Å². The van der Waals surface area contributed by atoms with E-state index in [0.717, 1.165) is 0 Å². The van der Waals surface area contributed by atoms with Gasteiger partial charge in [0.1, 0.15) is 5.82 Å². The third-order valence-corrected chi connectivity index (χ3v) is 6.88. The second-order valence-corrected chi connectivity index (χ2v) is 8.87. The van der Waals surface area contributed by atoms with E-state index in [9.17, 15) is 12.8 Å². The Kier molecular flexibility index (Phi) is 3.14. The number of halogens is 2. The third-order valence-electron chi connectivity index (χ3n) is 3.25. The van der Waals surface area contributed by atoms with Gasteiger partial charge < -0.3 is 4.90 Å². The van der Waals surface area contributed by atoms with Gasteiger partial charge in [-0.1, -0.05) is 27.7 Å². The Bertz CT molecular complexity index is 665. The Balaban J connectivity index is 2.02. The number of nitrogens with zero attached hydrogens (tertiary/aromatic N) is 1. The zero-order chi connectivity index (χ0) is 13.8. The summed E-state index contributed by atoms with van der Waals surface area (Å²) in [5.41, 5.74) is 0.269. The monoisotopic (exact) mass is 364 g/mol. The van der Waals surface area contributed by atoms with Gasteiger partial charge in [0.15, 0.2) is 15.0 Å². The van der Waals surface area contributed by atoms with Crippen molar-refractivity contribution in [1.29, 1.82) is 5.41 Å². The van der Waals surface area contributed by atoms with Crippen molar-refractivity contribution in [3.8, 4) is 0 Å². The van der Waals surface area contributed by atoms with Crippen molar-refractivity contribution in [2.24, 2.45) is 0 Å². The highest BCUT2D eigenvalue weighted by Crippen LogP contribution is 2.41. The molecule has 2 saturated heterocycles. The number of thioether (sulfide) groups is 1. The van der Waals surface area contributed by atoms with Crippen molar-refractivity contribution in [1.82, 2.24) is 0 Å². The number of anilines is 1. The first kappa shape index (κ1) is 13.4. The highest BCUT2D eigenvalue weighted by molar-refractivity contribution is 9.10. The topological polar surface area (TPSA) is 61.2 Å². The summed E-state index contributed by atoms with van der Waals surface area (Å²) in [5.74, 6) is -0.397. The SMILES string of the molecule is N=C1S[C@H]2CS(=O)(=O)C[C@@H]2N1c1ccc(Br)cc1F. The van der Waals surface area contributed by atoms with Crippen LogP contribution in [-0.2, 0) is 9.84 Å². The lowest BCUT2D eigenvalue weighted by atomic mass is 10.2. The van der Waals surface area contributed by atoms with Crippen LogP contribution in [0.4, 0.5) is 10.1 Å². The molecule has 0 radical (unpaired) electrons. The summed E-state index contributed by atoms with van der Waals surface area (Å²) in [6, 6.07) is 4.25. The van der Waals surface area contributed by atoms with E-state index in [4.69, 9.17) is 5.41 Å². The van der Waals surface area contributed by atoms with Gasteiger partial charge >= 0.3 is 0 Å². The van der Waals surface area contributed by atoms with Gasteiger partial charge in [-0.2, -0.15) is 0 Å². The van der Waals surface area contributed by atoms with Crippen LogP contribution in [0.1, 0.15) is 0 Å². The fraction of sp³-hybridized carbons (Fsp3) is 0.364. The molecule has 2 aliphatic heterocycles. The molecule has 19 heavy (non-hydrogen) atoms. The summed E-state index contributed by atoms with van der Waals surface area (Å²) in [6.07, 6.45) is 0. The van der Waals surface area contributed by atoms with Crippen LogP contribution in [0.15, 0.2) is 22.7 Å². The minimum absolute atomic E-state index is 0.0114. The van der Waals surface area contributed by atoms with E-state index in [1.807, 2.05) is 0 Å². The Labute approximate surface area is 122 Å². The molecule has 8 heteroatoms. The number of nitrogens with one attached hydrogen (secondary N) is 1. The second kappa shape index (κ2) is 4.46. The standard InChI is InChI=1S/C11H10BrFN2O2S2/c12-6-1-2-8(7(13)3-6)15-9-4-19(16,17)5-10(9)18-11(15)14/h1-3,9-10,14H,4-5H2/t9-,10-/m0/s1. The molecular formula is C11H10BrFN2O2S2. The van der Waals surface area contributed by atoms with E-state index in [1.54, 1.807) is 12.1 Å². The van der Waals surface area contributed by atoms with E-state index in [2.05, 4.69) is 15.9 Å². The number of rotatable bonds is 1. The number of hydrogen-bond acceptors (Lipinski definition) is 4. The molecule has 1 aromatic rings. The molecule has 0 amide bonds. The van der Waals surface area contributed by atoms with Crippen molar-refractivity contribution in [2.75, 3.05) is 16.4 Å². The van der Waals surface area contributed by atoms with Crippen LogP contribution in [0.25, 0.3) is 0 Å². The van der Waals surface area contributed by atoms with E-state index in [0.29, 0.717) is 4.47 Å². The lowest BCUT2D eigenvalue weighted by Gasteiger charge is -2.24. The molecule has 2 atom stereocenters. The maximum absolute atomic E-state index is 14.0. The van der Waals surface area contributed by atoms with E-state index < -0.39 is 15.7 Å². The minimum Gasteiger partial charge on any atom is -0.313 e. The van der Waals surface area contributed by atoms with Crippen molar-refractivity contribution in [3.05, 3.63) is 28.5 Å². The molecule has 0 bridgehead atoms. The van der Waals surface area contributed by atoms with Gasteiger partial charge in [0.25, 0.3) is 0 Å². The predicted octanol–water partition coefficient (Wildman–Crippen LogP) is 2.24. The van der Waals surface area contributed by atoms with Crippen molar-refractivity contribution < 1.29 is 12.8 Å². The summed E-state index contributed by atoms with van der Waals surface area (Å²) in [5, 5.41) is 7.98. The first-order valence-electron chi connectivity index (χ1n) is 5.57. The fourth-order valence-electron chi connectivity index (χ4n) is 2.47. The molecule has 0 aliphatic carbocycles. The highest BCUT2D eigenvalue weighted by atomic mass is 79.9. The van der Waals surface area contributed by atoms with Gasteiger partial charge in [0.05, 0.1) is 23.2 Å². The molecular weight excluding hydrogens is 355 g/mol. The van der Waals surface area contributed by atoms with E-state index in [1.165, 1.54) is 22.7 Å². The Morgan fingerprint density at radius 1 is 1.42 bits per heavy atom. The van der Waals surface area contributed by atoms with Crippen LogP contribution < -0.4 is 4.90 Å². The van der Waals surface area contributed by atoms with E-state index in [-0.39, 0.29) is 33.7 Å². The minimum atomic E-state index is -3.08. The largest absolute Gasteiger partial charge is 0.313 e. The molecule has 1 aromatic carbocycles.